The van der Waals surface area contributed by atoms with E-state index in [1.54, 1.807) is 0 Å². The lowest BCUT2D eigenvalue weighted by molar-refractivity contribution is -0.142. The van der Waals surface area contributed by atoms with Gasteiger partial charge < -0.3 is 14.9 Å². The summed E-state index contributed by atoms with van der Waals surface area (Å²) in [5.41, 5.74) is 0. The van der Waals surface area contributed by atoms with Gasteiger partial charge in [-0.15, -0.1) is 0 Å². The SMILES string of the molecule is CCCCCCCCCCCCCC(O)CCCCC(O)CC(=O)OC. The summed E-state index contributed by atoms with van der Waals surface area (Å²) >= 11 is 0. The maximum absolute atomic E-state index is 11.0. The summed E-state index contributed by atoms with van der Waals surface area (Å²) in [6, 6.07) is 0. The van der Waals surface area contributed by atoms with E-state index in [0.29, 0.717) is 6.42 Å². The van der Waals surface area contributed by atoms with Gasteiger partial charge >= 0.3 is 5.97 Å². The van der Waals surface area contributed by atoms with Gasteiger partial charge in [-0.25, -0.2) is 0 Å². The molecule has 4 heteroatoms. The van der Waals surface area contributed by atoms with Gasteiger partial charge in [0.25, 0.3) is 0 Å². The zero-order valence-electron chi connectivity index (χ0n) is 17.4. The molecule has 0 aliphatic carbocycles. The van der Waals surface area contributed by atoms with Crippen molar-refractivity contribution >= 4 is 5.97 Å². The minimum atomic E-state index is -0.619. The van der Waals surface area contributed by atoms with Crippen molar-refractivity contribution in [3.63, 3.8) is 0 Å². The molecule has 0 fully saturated rings. The second-order valence-corrected chi connectivity index (χ2v) is 7.70. The van der Waals surface area contributed by atoms with Crippen molar-refractivity contribution in [1.29, 1.82) is 0 Å². The molecule has 0 saturated carbocycles. The fourth-order valence-electron chi connectivity index (χ4n) is 3.33. The molecule has 26 heavy (non-hydrogen) atoms. The Morgan fingerprint density at radius 1 is 0.692 bits per heavy atom. The molecule has 0 amide bonds. The average molecular weight is 373 g/mol. The van der Waals surface area contributed by atoms with Gasteiger partial charge in [0.1, 0.15) is 0 Å². The maximum Gasteiger partial charge on any atom is 0.308 e. The first-order chi connectivity index (χ1) is 12.6. The Hall–Kier alpha value is -0.610. The standard InChI is InChI=1S/C22H44O4/c1-3-4-5-6-7-8-9-10-11-12-13-16-20(23)17-14-15-18-21(24)19-22(25)26-2/h20-21,23-24H,3-19H2,1-2H3. The molecule has 0 radical (unpaired) electrons. The number of carbonyl (C=O) groups excluding carboxylic acids is 1. The summed E-state index contributed by atoms with van der Waals surface area (Å²) < 4.78 is 4.53. The van der Waals surface area contributed by atoms with Gasteiger partial charge in [-0.05, 0) is 19.3 Å². The van der Waals surface area contributed by atoms with Crippen molar-refractivity contribution in [1.82, 2.24) is 0 Å². The van der Waals surface area contributed by atoms with E-state index in [4.69, 9.17) is 0 Å². The van der Waals surface area contributed by atoms with Crippen molar-refractivity contribution in [2.45, 2.75) is 128 Å². The molecule has 0 spiro atoms. The molecule has 0 aromatic rings. The fraction of sp³-hybridized carbons (Fsp3) is 0.955. The van der Waals surface area contributed by atoms with Crippen molar-refractivity contribution in [2.24, 2.45) is 0 Å². The van der Waals surface area contributed by atoms with Crippen molar-refractivity contribution < 1.29 is 19.7 Å². The number of hydrogen-bond donors (Lipinski definition) is 2. The third kappa shape index (κ3) is 18.2. The number of esters is 1. The molecule has 156 valence electrons. The molecule has 0 aromatic carbocycles. The van der Waals surface area contributed by atoms with Crippen LogP contribution in [0.25, 0.3) is 0 Å². The van der Waals surface area contributed by atoms with Gasteiger partial charge in [-0.3, -0.25) is 4.79 Å². The third-order valence-electron chi connectivity index (χ3n) is 5.10. The Morgan fingerprint density at radius 2 is 1.08 bits per heavy atom. The van der Waals surface area contributed by atoms with Gasteiger partial charge in [-0.2, -0.15) is 0 Å². The van der Waals surface area contributed by atoms with Gasteiger partial charge in [0.15, 0.2) is 0 Å². The van der Waals surface area contributed by atoms with Crippen LogP contribution in [0.15, 0.2) is 0 Å². The molecule has 0 rings (SSSR count). The van der Waals surface area contributed by atoms with Crippen LogP contribution >= 0.6 is 0 Å². The molecule has 2 N–H and O–H groups in total. The van der Waals surface area contributed by atoms with Gasteiger partial charge in [-0.1, -0.05) is 90.4 Å². The number of ether oxygens (including phenoxy) is 1. The molecule has 0 bridgehead atoms. The zero-order chi connectivity index (χ0) is 19.5. The van der Waals surface area contributed by atoms with Crippen LogP contribution in [-0.4, -0.2) is 35.5 Å². The normalized spacial score (nSPS) is 13.5. The van der Waals surface area contributed by atoms with Crippen LogP contribution in [0.1, 0.15) is 116 Å². The Balaban J connectivity index is 3.29. The minimum Gasteiger partial charge on any atom is -0.469 e. The highest BCUT2D eigenvalue weighted by molar-refractivity contribution is 5.69. The first kappa shape index (κ1) is 25.4. The van der Waals surface area contributed by atoms with E-state index in [1.807, 2.05) is 0 Å². The molecule has 0 aliphatic heterocycles. The average Bonchev–Trinajstić information content (AvgIpc) is 2.63. The van der Waals surface area contributed by atoms with Crippen LogP contribution in [0.3, 0.4) is 0 Å². The van der Waals surface area contributed by atoms with Gasteiger partial charge in [0.2, 0.25) is 0 Å². The number of hydrogen-bond acceptors (Lipinski definition) is 4. The lowest BCUT2D eigenvalue weighted by Crippen LogP contribution is -2.14. The summed E-state index contributed by atoms with van der Waals surface area (Å²) in [4.78, 5) is 11.0. The Kier molecular flexibility index (Phi) is 18.7. The summed E-state index contributed by atoms with van der Waals surface area (Å²) in [5.74, 6) is -0.367. The van der Waals surface area contributed by atoms with Crippen LogP contribution in [0.4, 0.5) is 0 Å². The van der Waals surface area contributed by atoms with Crippen LogP contribution in [0, 0.1) is 0 Å². The largest absolute Gasteiger partial charge is 0.469 e. The first-order valence-corrected chi connectivity index (χ1v) is 11.0. The highest BCUT2D eigenvalue weighted by Gasteiger charge is 2.11. The second-order valence-electron chi connectivity index (χ2n) is 7.70. The van der Waals surface area contributed by atoms with Crippen LogP contribution in [0.2, 0.25) is 0 Å². The lowest BCUT2D eigenvalue weighted by atomic mass is 10.0. The molecule has 2 unspecified atom stereocenters. The van der Waals surface area contributed by atoms with E-state index in [2.05, 4.69) is 11.7 Å². The van der Waals surface area contributed by atoms with Crippen LogP contribution in [-0.2, 0) is 9.53 Å². The predicted molar refractivity (Wildman–Crippen MR) is 108 cm³/mol. The van der Waals surface area contributed by atoms with E-state index in [0.717, 1.165) is 32.1 Å². The highest BCUT2D eigenvalue weighted by atomic mass is 16.5. The topological polar surface area (TPSA) is 66.8 Å². The Labute approximate surface area is 161 Å². The molecule has 0 saturated heterocycles. The predicted octanol–water partition coefficient (Wildman–Crippen LogP) is 5.53. The number of carbonyl (C=O) groups is 1. The molecule has 4 nitrogen and oxygen atoms in total. The molecular weight excluding hydrogens is 328 g/mol. The second kappa shape index (κ2) is 19.2. The molecule has 0 aromatic heterocycles. The Morgan fingerprint density at radius 3 is 1.54 bits per heavy atom. The van der Waals surface area contributed by atoms with E-state index < -0.39 is 6.10 Å². The number of rotatable bonds is 19. The van der Waals surface area contributed by atoms with E-state index >= 15 is 0 Å². The van der Waals surface area contributed by atoms with Crippen LogP contribution < -0.4 is 0 Å². The van der Waals surface area contributed by atoms with Crippen molar-refractivity contribution in [3.05, 3.63) is 0 Å². The number of unbranched alkanes of at least 4 members (excludes halogenated alkanes) is 11. The Bertz CT molecular complexity index is 307. The zero-order valence-corrected chi connectivity index (χ0v) is 17.4. The summed E-state index contributed by atoms with van der Waals surface area (Å²) in [7, 11) is 1.33. The fourth-order valence-corrected chi connectivity index (χ4v) is 3.33. The van der Waals surface area contributed by atoms with Gasteiger partial charge in [0.05, 0.1) is 25.7 Å². The summed E-state index contributed by atoms with van der Waals surface area (Å²) in [6.45, 7) is 2.26. The molecule has 0 heterocycles. The van der Waals surface area contributed by atoms with Crippen molar-refractivity contribution in [2.75, 3.05) is 7.11 Å². The molecule has 0 aliphatic rings. The summed E-state index contributed by atoms with van der Waals surface area (Å²) in [5, 5.41) is 19.7. The summed E-state index contributed by atoms with van der Waals surface area (Å²) in [6.07, 6.45) is 17.9. The van der Waals surface area contributed by atoms with E-state index in [1.165, 1.54) is 71.3 Å². The van der Waals surface area contributed by atoms with E-state index in [-0.39, 0.29) is 18.5 Å². The monoisotopic (exact) mass is 372 g/mol. The van der Waals surface area contributed by atoms with Crippen molar-refractivity contribution in [3.8, 4) is 0 Å². The van der Waals surface area contributed by atoms with Crippen LogP contribution in [0.5, 0.6) is 0 Å². The highest BCUT2D eigenvalue weighted by Crippen LogP contribution is 2.15. The molecular formula is C22H44O4. The third-order valence-corrected chi connectivity index (χ3v) is 5.10. The number of aliphatic hydroxyl groups excluding tert-OH is 2. The number of aliphatic hydroxyl groups is 2. The van der Waals surface area contributed by atoms with Gasteiger partial charge in [0, 0.05) is 0 Å². The smallest absolute Gasteiger partial charge is 0.308 e. The lowest BCUT2D eigenvalue weighted by Gasteiger charge is -2.12. The first-order valence-electron chi connectivity index (χ1n) is 11.0. The maximum atomic E-state index is 11.0. The molecule has 2 atom stereocenters. The number of methoxy groups -OCH3 is 1. The quantitative estimate of drug-likeness (QED) is 0.231. The minimum absolute atomic E-state index is 0.0673. The van der Waals surface area contributed by atoms with E-state index in [9.17, 15) is 15.0 Å².